The second kappa shape index (κ2) is 24.7. The van der Waals surface area contributed by atoms with Crippen LogP contribution in [0.1, 0.15) is 85.9 Å². The third kappa shape index (κ3) is 12.0. The Kier molecular flexibility index (Phi) is 17.5. The van der Waals surface area contributed by atoms with Crippen LogP contribution in [0.25, 0.3) is 0 Å². The Morgan fingerprint density at radius 2 is 0.493 bits per heavy atom. The standard InChI is InChI=1S/C57H44B4O12/c62-53(33-37-17-25-41(26-18-37)58-70-66)45-9-1-5-13-49(45)57(50-14-6-2-10-46(50)54(63)34-38-19-27-42(28-20-38)59-71-67,51-15-7-3-11-47(51)55(64)35-39-21-29-43(30-22-39)60-72-68)52-16-8-4-12-48(52)56(65)36-40-23-31-44(32-24-40)61-73-69/h1-32,66-69H,33-36H2. The van der Waals surface area contributed by atoms with Crippen LogP contribution in [-0.4, -0.2) is 74.1 Å². The first-order valence-electron chi connectivity index (χ1n) is 23.1. The van der Waals surface area contributed by atoms with Crippen molar-refractivity contribution in [2.24, 2.45) is 0 Å². The van der Waals surface area contributed by atoms with Gasteiger partial charge in [-0.2, -0.15) is 0 Å². The molecule has 8 aromatic carbocycles. The van der Waals surface area contributed by atoms with E-state index in [1.165, 1.54) is 0 Å². The molecule has 12 nitrogen and oxygen atoms in total. The Balaban J connectivity index is 1.41. The minimum absolute atomic E-state index is 0.0761. The van der Waals surface area contributed by atoms with Crippen molar-refractivity contribution >= 4 is 74.9 Å². The van der Waals surface area contributed by atoms with Crippen molar-refractivity contribution in [3.63, 3.8) is 0 Å². The fourth-order valence-electron chi connectivity index (χ4n) is 9.31. The van der Waals surface area contributed by atoms with Gasteiger partial charge in [0.05, 0.1) is 5.41 Å². The molecule has 16 heteroatoms. The van der Waals surface area contributed by atoms with E-state index in [1.54, 1.807) is 170 Å². The first-order valence-corrected chi connectivity index (χ1v) is 23.1. The molecule has 0 aliphatic heterocycles. The third-order valence-corrected chi connectivity index (χ3v) is 12.7. The highest BCUT2D eigenvalue weighted by Gasteiger charge is 2.46. The molecule has 4 radical (unpaired) electrons. The van der Waals surface area contributed by atoms with E-state index in [9.17, 15) is 0 Å². The smallest absolute Gasteiger partial charge is 0.307 e. The summed E-state index contributed by atoms with van der Waals surface area (Å²) in [5.74, 6) is -1.21. The van der Waals surface area contributed by atoms with Crippen molar-refractivity contribution in [3.8, 4) is 0 Å². The van der Waals surface area contributed by atoms with Crippen molar-refractivity contribution in [3.05, 3.63) is 261 Å². The topological polar surface area (TPSA) is 186 Å². The highest BCUT2D eigenvalue weighted by atomic mass is 17.1. The second-order valence-electron chi connectivity index (χ2n) is 17.2. The van der Waals surface area contributed by atoms with Crippen LogP contribution in [0.4, 0.5) is 0 Å². The molecule has 4 N–H and O–H groups in total. The first-order chi connectivity index (χ1) is 35.7. The summed E-state index contributed by atoms with van der Waals surface area (Å²) in [5.41, 5.74) is 5.76. The SMILES string of the molecule is O=C(Cc1ccc([B]OO)cc1)c1ccccc1C(c1ccccc1C(=O)Cc1ccc([B]OO)cc1)(c1ccccc1C(=O)Cc1ccc([B]OO)cc1)c1ccccc1C(=O)Cc1ccc([B]OO)cc1. The Morgan fingerprint density at radius 1 is 0.301 bits per heavy atom. The van der Waals surface area contributed by atoms with Crippen molar-refractivity contribution in [1.82, 2.24) is 0 Å². The third-order valence-electron chi connectivity index (χ3n) is 12.7. The fraction of sp³-hybridized carbons (Fsp3) is 0.0877. The van der Waals surface area contributed by atoms with Crippen molar-refractivity contribution in [2.45, 2.75) is 31.1 Å². The van der Waals surface area contributed by atoms with Gasteiger partial charge in [0.15, 0.2) is 23.1 Å². The van der Waals surface area contributed by atoms with Gasteiger partial charge in [-0.1, -0.05) is 216 Å². The molecule has 0 aromatic heterocycles. The molecule has 0 saturated carbocycles. The number of Topliss-reactive ketones (excluding diaryl/α,β-unsaturated/α-hetero) is 4. The monoisotopic (exact) mass is 964 g/mol. The summed E-state index contributed by atoms with van der Waals surface area (Å²) in [6.07, 6.45) is -0.304. The van der Waals surface area contributed by atoms with E-state index >= 15 is 19.2 Å². The Morgan fingerprint density at radius 3 is 0.685 bits per heavy atom. The molecule has 8 aromatic rings. The minimum atomic E-state index is -1.76. The number of hydrogen-bond donors (Lipinski definition) is 4. The molecule has 0 amide bonds. The van der Waals surface area contributed by atoms with Crippen LogP contribution in [0.2, 0.25) is 0 Å². The van der Waals surface area contributed by atoms with Crippen LogP contribution >= 0.6 is 0 Å². The molecular weight excluding hydrogens is 920 g/mol. The van der Waals surface area contributed by atoms with Crippen LogP contribution in [0.15, 0.2) is 194 Å². The molecule has 0 fully saturated rings. The Bertz CT molecular complexity index is 2770. The molecule has 0 bridgehead atoms. The van der Waals surface area contributed by atoms with Crippen LogP contribution in [0, 0.1) is 0 Å². The minimum Gasteiger partial charge on any atom is -0.307 e. The maximum absolute atomic E-state index is 15.2. The van der Waals surface area contributed by atoms with Gasteiger partial charge in [-0.3, -0.25) is 40.2 Å². The molecule has 73 heavy (non-hydrogen) atoms. The lowest BCUT2D eigenvalue weighted by molar-refractivity contribution is -0.135. The summed E-state index contributed by atoms with van der Waals surface area (Å²) < 4.78 is 0. The highest BCUT2D eigenvalue weighted by molar-refractivity contribution is 6.47. The van der Waals surface area contributed by atoms with Gasteiger partial charge in [-0.05, 0) is 44.5 Å². The Hall–Kier alpha value is -7.62. The molecule has 0 aliphatic carbocycles. The van der Waals surface area contributed by atoms with Crippen LogP contribution < -0.4 is 21.9 Å². The lowest BCUT2D eigenvalue weighted by Gasteiger charge is -2.41. The summed E-state index contributed by atoms with van der Waals surface area (Å²) >= 11 is 0. The zero-order valence-corrected chi connectivity index (χ0v) is 39.2. The lowest BCUT2D eigenvalue weighted by Crippen LogP contribution is -2.38. The second-order valence-corrected chi connectivity index (χ2v) is 17.2. The maximum Gasteiger partial charge on any atom is 0.381 e. The number of carbonyl (C=O) groups is 4. The molecule has 8 rings (SSSR count). The summed E-state index contributed by atoms with van der Waals surface area (Å²) in [4.78, 5) is 77.8. The predicted octanol–water partition coefficient (Wildman–Crippen LogP) is 6.71. The van der Waals surface area contributed by atoms with Crippen LogP contribution in [-0.2, 0) is 50.3 Å². The molecular formula is C57H44B4O12. The molecule has 0 aliphatic rings. The van der Waals surface area contributed by atoms with Crippen LogP contribution in [0.5, 0.6) is 0 Å². The zero-order valence-electron chi connectivity index (χ0n) is 39.2. The average Bonchev–Trinajstić information content (AvgIpc) is 3.42. The Labute approximate surface area is 424 Å². The quantitative estimate of drug-likeness (QED) is 0.0165. The summed E-state index contributed by atoms with van der Waals surface area (Å²) in [6, 6.07) is 55.8. The molecule has 356 valence electrons. The van der Waals surface area contributed by atoms with E-state index in [0.717, 1.165) is 29.9 Å². The molecule has 0 saturated heterocycles. The van der Waals surface area contributed by atoms with Gasteiger partial charge < -0.3 is 19.2 Å². The van der Waals surface area contributed by atoms with E-state index in [-0.39, 0.29) is 71.1 Å². The fourth-order valence-corrected chi connectivity index (χ4v) is 9.31. The lowest BCUT2D eigenvalue weighted by atomic mass is 9.59. The number of hydrogen-bond acceptors (Lipinski definition) is 12. The normalized spacial score (nSPS) is 11.1. The van der Waals surface area contributed by atoms with Crippen molar-refractivity contribution < 1.29 is 59.4 Å². The van der Waals surface area contributed by atoms with Gasteiger partial charge >= 0.3 is 29.9 Å². The van der Waals surface area contributed by atoms with Gasteiger partial charge in [0.1, 0.15) is 0 Å². The number of ketones is 4. The number of rotatable bonds is 24. The summed E-state index contributed by atoms with van der Waals surface area (Å²) in [6.45, 7) is 0. The van der Waals surface area contributed by atoms with Crippen LogP contribution in [0.3, 0.4) is 0 Å². The highest BCUT2D eigenvalue weighted by Crippen LogP contribution is 2.50. The predicted molar refractivity (Wildman–Crippen MR) is 279 cm³/mol. The van der Waals surface area contributed by atoms with Gasteiger partial charge in [0.25, 0.3) is 0 Å². The zero-order chi connectivity index (χ0) is 51.2. The maximum atomic E-state index is 15.2. The molecule has 0 spiro atoms. The number of carbonyl (C=O) groups excluding carboxylic acids is 4. The average molecular weight is 964 g/mol. The molecule has 0 unspecified atom stereocenters. The largest absolute Gasteiger partial charge is 0.381 e. The van der Waals surface area contributed by atoms with Gasteiger partial charge in [-0.15, -0.1) is 0 Å². The van der Waals surface area contributed by atoms with Crippen molar-refractivity contribution in [2.75, 3.05) is 0 Å². The summed E-state index contributed by atoms with van der Waals surface area (Å²) in [7, 11) is 4.63. The van der Waals surface area contributed by atoms with E-state index in [0.29, 0.717) is 66.4 Å². The molecule has 0 heterocycles. The van der Waals surface area contributed by atoms with E-state index in [1.807, 2.05) is 24.3 Å². The van der Waals surface area contributed by atoms with E-state index in [2.05, 4.69) is 19.2 Å². The van der Waals surface area contributed by atoms with E-state index in [4.69, 9.17) is 21.0 Å². The van der Waals surface area contributed by atoms with Gasteiger partial charge in [-0.25, -0.2) is 0 Å². The first kappa shape index (κ1) is 51.7. The van der Waals surface area contributed by atoms with E-state index < -0.39 is 5.41 Å². The summed E-state index contributed by atoms with van der Waals surface area (Å²) in [5, 5.41) is 36.1. The molecule has 0 atom stereocenters. The van der Waals surface area contributed by atoms with Gasteiger partial charge in [0, 0.05) is 47.9 Å². The number of benzene rings is 8. The van der Waals surface area contributed by atoms with Gasteiger partial charge in [0.2, 0.25) is 0 Å². The van der Waals surface area contributed by atoms with Crippen molar-refractivity contribution in [1.29, 1.82) is 0 Å².